The van der Waals surface area contributed by atoms with Gasteiger partial charge in [-0.1, -0.05) is 17.7 Å². The van der Waals surface area contributed by atoms with Crippen LogP contribution in [0.25, 0.3) is 0 Å². The molecule has 124 valence electrons. The summed E-state index contributed by atoms with van der Waals surface area (Å²) in [5.41, 5.74) is 2.86. The van der Waals surface area contributed by atoms with Crippen molar-refractivity contribution in [1.29, 1.82) is 0 Å². The number of nitrogens with one attached hydrogen (secondary N) is 1. The number of carbonyl (C=O) groups excluding carboxylic acids is 1. The first kappa shape index (κ1) is 15.5. The van der Waals surface area contributed by atoms with Crippen LogP contribution in [0.4, 0.5) is 10.1 Å². The van der Waals surface area contributed by atoms with Crippen LogP contribution >= 0.6 is 11.6 Å². The van der Waals surface area contributed by atoms with Crippen LogP contribution in [0.3, 0.4) is 0 Å². The highest BCUT2D eigenvalue weighted by atomic mass is 35.5. The summed E-state index contributed by atoms with van der Waals surface area (Å²) in [5, 5.41) is 4.20. The molecule has 2 aromatic carbocycles. The number of likely N-dealkylation sites (tertiary alicyclic amines) is 1. The fraction of sp³-hybridized carbons (Fsp3) is 0.316. The maximum absolute atomic E-state index is 13.3. The molecule has 1 N–H and O–H groups in total. The largest absolute Gasteiger partial charge is 0.384 e. The van der Waals surface area contributed by atoms with Crippen LogP contribution in [-0.2, 0) is 5.41 Å². The van der Waals surface area contributed by atoms with Crippen LogP contribution in [0.2, 0.25) is 5.02 Å². The monoisotopic (exact) mass is 344 g/mol. The first-order chi connectivity index (χ1) is 11.6. The van der Waals surface area contributed by atoms with Gasteiger partial charge in [-0.2, -0.15) is 0 Å². The van der Waals surface area contributed by atoms with Crippen molar-refractivity contribution in [3.05, 3.63) is 64.4 Å². The van der Waals surface area contributed by atoms with E-state index in [4.69, 9.17) is 11.6 Å². The molecule has 0 atom stereocenters. The summed E-state index contributed by atoms with van der Waals surface area (Å²) < 4.78 is 13.3. The smallest absolute Gasteiger partial charge is 0.253 e. The van der Waals surface area contributed by atoms with Crippen LogP contribution in [-0.4, -0.2) is 30.4 Å². The Morgan fingerprint density at radius 1 is 1.17 bits per heavy atom. The molecule has 2 aromatic rings. The summed E-state index contributed by atoms with van der Waals surface area (Å²) in [5.74, 6) is -0.473. The van der Waals surface area contributed by atoms with Crippen LogP contribution in [0, 0.1) is 5.82 Å². The van der Waals surface area contributed by atoms with Crippen molar-refractivity contribution in [2.75, 3.05) is 25.0 Å². The van der Waals surface area contributed by atoms with E-state index in [0.717, 1.165) is 30.1 Å². The molecule has 0 aromatic heterocycles. The van der Waals surface area contributed by atoms with Gasteiger partial charge in [-0.25, -0.2) is 4.39 Å². The summed E-state index contributed by atoms with van der Waals surface area (Å²) in [7, 11) is 0. The molecule has 0 bridgehead atoms. The van der Waals surface area contributed by atoms with Gasteiger partial charge in [-0.3, -0.25) is 4.79 Å². The van der Waals surface area contributed by atoms with E-state index in [2.05, 4.69) is 5.32 Å². The SMILES string of the molecule is O=C(c1cccc(F)c1)N1CCC2(CC1)CNc1ccc(Cl)cc12. The number of amides is 1. The van der Waals surface area contributed by atoms with Gasteiger partial charge in [0, 0.05) is 41.3 Å². The Hall–Kier alpha value is -2.07. The van der Waals surface area contributed by atoms with Gasteiger partial charge in [-0.15, -0.1) is 0 Å². The zero-order valence-electron chi connectivity index (χ0n) is 13.2. The third kappa shape index (κ3) is 2.55. The van der Waals surface area contributed by atoms with Crippen LogP contribution in [0.15, 0.2) is 42.5 Å². The summed E-state index contributed by atoms with van der Waals surface area (Å²) in [6.07, 6.45) is 1.77. The molecule has 1 saturated heterocycles. The second kappa shape index (κ2) is 5.78. The molecular weight excluding hydrogens is 327 g/mol. The minimum atomic E-state index is -0.377. The quantitative estimate of drug-likeness (QED) is 0.845. The van der Waals surface area contributed by atoms with Crippen LogP contribution in [0.5, 0.6) is 0 Å². The number of hydrogen-bond acceptors (Lipinski definition) is 2. The molecule has 1 fully saturated rings. The van der Waals surface area contributed by atoms with Crippen molar-refractivity contribution in [2.45, 2.75) is 18.3 Å². The van der Waals surface area contributed by atoms with E-state index in [1.807, 2.05) is 23.1 Å². The fourth-order valence-electron chi connectivity index (χ4n) is 3.86. The lowest BCUT2D eigenvalue weighted by molar-refractivity contribution is 0.0676. The summed E-state index contributed by atoms with van der Waals surface area (Å²) >= 11 is 6.17. The van der Waals surface area contributed by atoms with E-state index in [1.165, 1.54) is 17.7 Å². The van der Waals surface area contributed by atoms with E-state index >= 15 is 0 Å². The summed E-state index contributed by atoms with van der Waals surface area (Å²) in [4.78, 5) is 14.4. The molecule has 0 radical (unpaired) electrons. The number of rotatable bonds is 1. The molecule has 2 aliphatic rings. The van der Waals surface area contributed by atoms with Gasteiger partial charge in [0.2, 0.25) is 0 Å². The number of piperidine rings is 1. The average molecular weight is 345 g/mol. The van der Waals surface area contributed by atoms with Crippen molar-refractivity contribution in [1.82, 2.24) is 4.90 Å². The Bertz CT molecular complexity index is 800. The predicted molar refractivity (Wildman–Crippen MR) is 93.2 cm³/mol. The van der Waals surface area contributed by atoms with Gasteiger partial charge < -0.3 is 10.2 Å². The Kier molecular flexibility index (Phi) is 3.72. The molecule has 2 aliphatic heterocycles. The van der Waals surface area contributed by atoms with Crippen LogP contribution < -0.4 is 5.32 Å². The molecule has 4 rings (SSSR count). The molecule has 2 heterocycles. The third-order valence-electron chi connectivity index (χ3n) is 5.25. The second-order valence-corrected chi connectivity index (χ2v) is 7.06. The lowest BCUT2D eigenvalue weighted by Crippen LogP contribution is -2.46. The molecule has 5 heteroatoms. The van der Waals surface area contributed by atoms with Gasteiger partial charge in [0.15, 0.2) is 0 Å². The highest BCUT2D eigenvalue weighted by molar-refractivity contribution is 6.30. The molecule has 24 heavy (non-hydrogen) atoms. The molecule has 1 amide bonds. The number of fused-ring (bicyclic) bond motifs is 2. The maximum Gasteiger partial charge on any atom is 0.253 e. The third-order valence-corrected chi connectivity index (χ3v) is 5.48. The fourth-order valence-corrected chi connectivity index (χ4v) is 4.03. The molecular formula is C19H18ClFN2O. The average Bonchev–Trinajstić information content (AvgIpc) is 2.93. The highest BCUT2D eigenvalue weighted by Crippen LogP contribution is 2.45. The van der Waals surface area contributed by atoms with Crippen molar-refractivity contribution < 1.29 is 9.18 Å². The number of nitrogens with zero attached hydrogens (tertiary/aromatic N) is 1. The van der Waals surface area contributed by atoms with Crippen molar-refractivity contribution in [3.8, 4) is 0 Å². The van der Waals surface area contributed by atoms with Gasteiger partial charge in [-0.05, 0) is 54.8 Å². The number of hydrogen-bond donors (Lipinski definition) is 1. The lowest BCUT2D eigenvalue weighted by Gasteiger charge is -2.39. The van der Waals surface area contributed by atoms with Gasteiger partial charge in [0.25, 0.3) is 5.91 Å². The number of anilines is 1. The summed E-state index contributed by atoms with van der Waals surface area (Å²) in [6.45, 7) is 2.22. The van der Waals surface area contributed by atoms with Crippen molar-refractivity contribution in [2.24, 2.45) is 0 Å². The first-order valence-electron chi connectivity index (χ1n) is 8.16. The molecule has 0 saturated carbocycles. The topological polar surface area (TPSA) is 32.3 Å². The first-order valence-corrected chi connectivity index (χ1v) is 8.54. The standard InChI is InChI=1S/C19H18ClFN2O/c20-14-4-5-17-16(11-14)19(12-22-17)6-8-23(9-7-19)18(24)13-2-1-3-15(21)10-13/h1-5,10-11,22H,6-9,12H2. The minimum absolute atomic E-state index is 0.0406. The zero-order valence-corrected chi connectivity index (χ0v) is 13.9. The van der Waals surface area contributed by atoms with E-state index in [0.29, 0.717) is 18.7 Å². The van der Waals surface area contributed by atoms with E-state index < -0.39 is 0 Å². The van der Waals surface area contributed by atoms with E-state index in [1.54, 1.807) is 12.1 Å². The maximum atomic E-state index is 13.3. The van der Waals surface area contributed by atoms with Gasteiger partial charge >= 0.3 is 0 Å². The molecule has 0 unspecified atom stereocenters. The molecule has 3 nitrogen and oxygen atoms in total. The number of halogens is 2. The summed E-state index contributed by atoms with van der Waals surface area (Å²) in [6, 6.07) is 11.9. The van der Waals surface area contributed by atoms with E-state index in [-0.39, 0.29) is 17.1 Å². The highest BCUT2D eigenvalue weighted by Gasteiger charge is 2.42. The minimum Gasteiger partial charge on any atom is -0.384 e. The second-order valence-electron chi connectivity index (χ2n) is 6.63. The molecule has 1 spiro atoms. The Morgan fingerprint density at radius 2 is 1.96 bits per heavy atom. The Morgan fingerprint density at radius 3 is 2.71 bits per heavy atom. The normalized spacial score (nSPS) is 18.3. The van der Waals surface area contributed by atoms with Crippen molar-refractivity contribution in [3.63, 3.8) is 0 Å². The Balaban J connectivity index is 1.52. The lowest BCUT2D eigenvalue weighted by atomic mass is 9.74. The Labute approximate surface area is 145 Å². The van der Waals surface area contributed by atoms with Crippen LogP contribution in [0.1, 0.15) is 28.8 Å². The predicted octanol–water partition coefficient (Wildman–Crippen LogP) is 4.08. The number of carbonyl (C=O) groups is 1. The van der Waals surface area contributed by atoms with Gasteiger partial charge in [0.05, 0.1) is 0 Å². The number of benzene rings is 2. The van der Waals surface area contributed by atoms with Crippen molar-refractivity contribution >= 4 is 23.2 Å². The van der Waals surface area contributed by atoms with Gasteiger partial charge in [0.1, 0.15) is 5.82 Å². The van der Waals surface area contributed by atoms with E-state index in [9.17, 15) is 9.18 Å². The molecule has 0 aliphatic carbocycles. The zero-order chi connectivity index (χ0) is 16.7.